The molecule has 1 aromatic heterocycles. The molecule has 3 aliphatic carbocycles. The molecule has 5 N–H and O–H groups in total. The fourth-order valence-corrected chi connectivity index (χ4v) is 7.60. The molecular weight excluding hydrogens is 603 g/mol. The molecule has 4 atom stereocenters. The Hall–Kier alpha value is -3.83. The van der Waals surface area contributed by atoms with E-state index < -0.39 is 0 Å². The monoisotopic (exact) mass is 640 g/mol. The lowest BCUT2D eigenvalue weighted by molar-refractivity contribution is -0.156. The van der Waals surface area contributed by atoms with Crippen LogP contribution in [0.15, 0.2) is 41.2 Å². The minimum Gasteiger partial charge on any atom is -0.368 e. The molecule has 13 heteroatoms. The van der Waals surface area contributed by atoms with Gasteiger partial charge in [0.05, 0.1) is 22.6 Å². The smallest absolute Gasteiger partial charge is 0.262 e. The van der Waals surface area contributed by atoms with Crippen LogP contribution in [-0.4, -0.2) is 38.4 Å². The molecular formula is C31H38Cl2N8O3. The Kier molecular flexibility index (Phi) is 8.56. The lowest BCUT2D eigenvalue weighted by Crippen LogP contribution is -2.66. The maximum absolute atomic E-state index is 13.8. The summed E-state index contributed by atoms with van der Waals surface area (Å²) in [6.45, 7) is 9.77. The van der Waals surface area contributed by atoms with Crippen molar-refractivity contribution in [1.29, 1.82) is 5.41 Å². The summed E-state index contributed by atoms with van der Waals surface area (Å²) in [7, 11) is 0. The van der Waals surface area contributed by atoms with Gasteiger partial charge in [0.25, 0.3) is 5.56 Å². The highest BCUT2D eigenvalue weighted by atomic mass is 35.5. The second-order valence-electron chi connectivity index (χ2n) is 12.5. The molecule has 1 heterocycles. The van der Waals surface area contributed by atoms with E-state index in [1.54, 1.807) is 41.4 Å². The van der Waals surface area contributed by atoms with Gasteiger partial charge in [0.2, 0.25) is 23.7 Å². The molecule has 3 saturated carbocycles. The third kappa shape index (κ3) is 5.70. The van der Waals surface area contributed by atoms with Gasteiger partial charge in [-0.15, -0.1) is 0 Å². The van der Waals surface area contributed by atoms with Gasteiger partial charge in [-0.2, -0.15) is 0 Å². The van der Waals surface area contributed by atoms with E-state index in [9.17, 15) is 14.4 Å². The number of halogens is 2. The summed E-state index contributed by atoms with van der Waals surface area (Å²) in [6, 6.07) is 9.95. The highest BCUT2D eigenvalue weighted by Crippen LogP contribution is 2.62. The van der Waals surface area contributed by atoms with E-state index in [4.69, 9.17) is 34.3 Å². The van der Waals surface area contributed by atoms with Gasteiger partial charge >= 0.3 is 0 Å². The van der Waals surface area contributed by atoms with Crippen LogP contribution in [0.25, 0.3) is 10.9 Å². The van der Waals surface area contributed by atoms with E-state index in [0.29, 0.717) is 44.9 Å². The van der Waals surface area contributed by atoms with E-state index in [-0.39, 0.29) is 53.2 Å². The van der Waals surface area contributed by atoms with Gasteiger partial charge in [-0.05, 0) is 78.3 Å². The van der Waals surface area contributed by atoms with Crippen LogP contribution in [0.3, 0.4) is 0 Å². The average Bonchev–Trinajstić information content (AvgIpc) is 2.94. The number of fused-ring (bicyclic) bond motifs is 3. The number of guanidine groups is 1. The highest BCUT2D eigenvalue weighted by molar-refractivity contribution is 6.35. The Morgan fingerprint density at radius 1 is 1.16 bits per heavy atom. The minimum atomic E-state index is -0.372. The van der Waals surface area contributed by atoms with Gasteiger partial charge in [0.15, 0.2) is 0 Å². The van der Waals surface area contributed by atoms with Crippen LogP contribution < -0.4 is 27.2 Å². The van der Waals surface area contributed by atoms with E-state index in [0.717, 1.165) is 18.4 Å². The van der Waals surface area contributed by atoms with Crippen molar-refractivity contribution in [2.24, 2.45) is 28.9 Å². The Balaban J connectivity index is 1.54. The lowest BCUT2D eigenvalue weighted by atomic mass is 9.44. The maximum atomic E-state index is 13.8. The Morgan fingerprint density at radius 3 is 2.48 bits per heavy atom. The van der Waals surface area contributed by atoms with Gasteiger partial charge in [-0.25, -0.2) is 15.0 Å². The zero-order valence-corrected chi connectivity index (χ0v) is 27.0. The van der Waals surface area contributed by atoms with E-state index in [1.807, 2.05) is 0 Å². The predicted molar refractivity (Wildman–Crippen MR) is 173 cm³/mol. The molecule has 234 valence electrons. The number of hydrogen-bond acceptors (Lipinski definition) is 6. The van der Waals surface area contributed by atoms with Gasteiger partial charge < -0.3 is 5.73 Å². The molecule has 2 amide bonds. The first-order valence-electron chi connectivity index (χ1n) is 14.7. The van der Waals surface area contributed by atoms with Crippen molar-refractivity contribution in [1.82, 2.24) is 20.0 Å². The number of benzene rings is 2. The lowest BCUT2D eigenvalue weighted by Gasteiger charge is -2.63. The van der Waals surface area contributed by atoms with Gasteiger partial charge in [0.1, 0.15) is 0 Å². The standard InChI is InChI=1S/C31H38Cl2N8O3/c1-16-24-12-20(31(24,4)5)13-27(16)40(18(3)43)41(29(34)35)22-8-9-23-26(15-22)36-30(38-37-17(2)42)39(28(23)44)11-10-19-6-7-21(32)14-25(19)33/h6-9,14-16,20,24,27H,10-13H2,1-5H3,(H3,34,35)(H,36,38)(H,37,42)/t16-,20-,24+,27-/m0/s1. The number of nitrogens with one attached hydrogen (secondary N) is 3. The van der Waals surface area contributed by atoms with Crippen LogP contribution in [-0.2, 0) is 22.6 Å². The number of amides is 2. The number of hydrazine groups is 2. The van der Waals surface area contributed by atoms with Gasteiger partial charge in [-0.1, -0.05) is 50.0 Å². The van der Waals surface area contributed by atoms with Gasteiger partial charge in [-0.3, -0.25) is 35.2 Å². The second-order valence-corrected chi connectivity index (χ2v) is 13.3. The average molecular weight is 642 g/mol. The molecule has 2 bridgehead atoms. The predicted octanol–water partition coefficient (Wildman–Crippen LogP) is 4.94. The molecule has 11 nitrogen and oxygen atoms in total. The molecule has 0 saturated heterocycles. The van der Waals surface area contributed by atoms with E-state index in [1.165, 1.54) is 23.4 Å². The number of nitrogens with two attached hydrogens (primary N) is 1. The molecule has 3 aliphatic rings. The molecule has 0 unspecified atom stereocenters. The largest absolute Gasteiger partial charge is 0.368 e. The van der Waals surface area contributed by atoms with Crippen LogP contribution in [0, 0.1) is 28.6 Å². The number of aromatic nitrogens is 2. The van der Waals surface area contributed by atoms with E-state index in [2.05, 4.69) is 36.6 Å². The van der Waals surface area contributed by atoms with Crippen LogP contribution in [0.5, 0.6) is 0 Å². The van der Waals surface area contributed by atoms with Crippen molar-refractivity contribution in [2.75, 3.05) is 10.4 Å². The highest BCUT2D eigenvalue weighted by Gasteiger charge is 2.58. The van der Waals surface area contributed by atoms with Crippen LogP contribution in [0.4, 0.5) is 11.6 Å². The number of anilines is 2. The first-order chi connectivity index (χ1) is 20.7. The molecule has 6 rings (SSSR count). The van der Waals surface area contributed by atoms with Crippen LogP contribution in [0.1, 0.15) is 53.0 Å². The van der Waals surface area contributed by atoms with Crippen LogP contribution in [0.2, 0.25) is 10.0 Å². The summed E-state index contributed by atoms with van der Waals surface area (Å²) >= 11 is 12.4. The SMILES string of the molecule is CC(=O)NNc1nc2cc(N(C(=N)N)N(C(C)=O)[C@H]3C[C@@H]4C[C@H]([C@@H]3C)C4(C)C)ccc2c(=O)n1CCc1ccc(Cl)cc1Cl. The third-order valence-electron chi connectivity index (χ3n) is 9.55. The quantitative estimate of drug-likeness (QED) is 0.162. The van der Waals surface area contributed by atoms with E-state index >= 15 is 0 Å². The fraction of sp³-hybridized carbons (Fsp3) is 0.452. The summed E-state index contributed by atoms with van der Waals surface area (Å²) in [5, 5.41) is 12.8. The topological polar surface area (TPSA) is 149 Å². The first kappa shape index (κ1) is 31.6. The number of hydrogen-bond donors (Lipinski definition) is 4. The number of nitrogens with zero attached hydrogens (tertiary/aromatic N) is 4. The number of carbonyl (C=O) groups excluding carboxylic acids is 2. The second kappa shape index (κ2) is 11.9. The van der Waals surface area contributed by atoms with Crippen molar-refractivity contribution in [3.05, 3.63) is 62.4 Å². The molecule has 0 spiro atoms. The number of aryl methyl sites for hydroxylation is 1. The molecule has 3 fully saturated rings. The summed E-state index contributed by atoms with van der Waals surface area (Å²) in [5.41, 5.74) is 12.8. The molecule has 0 aliphatic heterocycles. The number of carbonyl (C=O) groups is 2. The van der Waals surface area contributed by atoms with Crippen molar-refractivity contribution in [3.63, 3.8) is 0 Å². The summed E-state index contributed by atoms with van der Waals surface area (Å²) in [6.07, 6.45) is 2.35. The third-order valence-corrected chi connectivity index (χ3v) is 10.1. The van der Waals surface area contributed by atoms with Crippen molar-refractivity contribution in [2.45, 2.75) is 66.5 Å². The zero-order chi connectivity index (χ0) is 32.1. The van der Waals surface area contributed by atoms with Crippen molar-refractivity contribution >= 4 is 63.5 Å². The van der Waals surface area contributed by atoms with Crippen molar-refractivity contribution in [3.8, 4) is 0 Å². The summed E-state index contributed by atoms with van der Waals surface area (Å²) in [4.78, 5) is 43.4. The molecule has 0 radical (unpaired) electrons. The number of rotatable bonds is 7. The summed E-state index contributed by atoms with van der Waals surface area (Å²) < 4.78 is 1.42. The van der Waals surface area contributed by atoms with Crippen LogP contribution >= 0.6 is 23.2 Å². The van der Waals surface area contributed by atoms with Crippen molar-refractivity contribution < 1.29 is 9.59 Å². The summed E-state index contributed by atoms with van der Waals surface area (Å²) in [5.74, 6) is 0.330. The maximum Gasteiger partial charge on any atom is 0.262 e. The Morgan fingerprint density at radius 2 is 1.89 bits per heavy atom. The normalized spacial score (nSPS) is 21.7. The minimum absolute atomic E-state index is 0.112. The fourth-order valence-electron chi connectivity index (χ4n) is 7.09. The molecule has 2 aromatic carbocycles. The molecule has 44 heavy (non-hydrogen) atoms. The Labute approximate surface area is 266 Å². The Bertz CT molecular complexity index is 1710. The first-order valence-corrected chi connectivity index (χ1v) is 15.4. The van der Waals surface area contributed by atoms with Gasteiger partial charge in [0, 0.05) is 30.4 Å². The zero-order valence-electron chi connectivity index (χ0n) is 25.4. The molecule has 3 aromatic rings.